The van der Waals surface area contributed by atoms with E-state index in [1.807, 2.05) is 0 Å². The molecule has 2 saturated carbocycles. The molecule has 0 N–H and O–H groups in total. The van der Waals surface area contributed by atoms with Crippen molar-refractivity contribution in [1.82, 2.24) is 0 Å². The Hall–Kier alpha value is -0.330. The van der Waals surface area contributed by atoms with Gasteiger partial charge in [-0.3, -0.25) is 4.79 Å². The molecule has 2 aliphatic rings. The molecule has 0 aromatic rings. The van der Waals surface area contributed by atoms with Crippen LogP contribution in [0.1, 0.15) is 59.3 Å². The van der Waals surface area contributed by atoms with Gasteiger partial charge in [0.05, 0.1) is 0 Å². The Morgan fingerprint density at radius 3 is 2.67 bits per heavy atom. The zero-order valence-corrected chi connectivity index (χ0v) is 10.4. The quantitative estimate of drug-likeness (QED) is 0.640. The van der Waals surface area contributed by atoms with E-state index in [-0.39, 0.29) is 0 Å². The molecule has 0 saturated heterocycles. The Labute approximate surface area is 93.6 Å². The number of ketones is 1. The highest BCUT2D eigenvalue weighted by molar-refractivity contribution is 5.80. The van der Waals surface area contributed by atoms with Gasteiger partial charge >= 0.3 is 0 Å². The van der Waals surface area contributed by atoms with Gasteiger partial charge in [0.1, 0.15) is 5.78 Å². The lowest BCUT2D eigenvalue weighted by Crippen LogP contribution is -2.38. The van der Waals surface area contributed by atoms with Gasteiger partial charge < -0.3 is 0 Å². The second kappa shape index (κ2) is 3.92. The molecule has 0 radical (unpaired) electrons. The monoisotopic (exact) mass is 208 g/mol. The van der Waals surface area contributed by atoms with Crippen molar-refractivity contribution in [1.29, 1.82) is 0 Å². The largest absolute Gasteiger partial charge is 0.300 e. The van der Waals surface area contributed by atoms with Crippen LogP contribution in [0.5, 0.6) is 0 Å². The molecule has 0 amide bonds. The first-order chi connectivity index (χ1) is 7.06. The molecular weight excluding hydrogens is 184 g/mol. The number of carbonyl (C=O) groups excluding carboxylic acids is 1. The van der Waals surface area contributed by atoms with Crippen molar-refractivity contribution in [3.8, 4) is 0 Å². The number of carbonyl (C=O) groups is 1. The molecular formula is C14H24O. The second-order valence-corrected chi connectivity index (χ2v) is 6.13. The zero-order valence-electron chi connectivity index (χ0n) is 10.4. The van der Waals surface area contributed by atoms with Gasteiger partial charge in [0.2, 0.25) is 0 Å². The first kappa shape index (κ1) is 11.2. The molecule has 3 atom stereocenters. The van der Waals surface area contributed by atoms with E-state index in [4.69, 9.17) is 0 Å². The van der Waals surface area contributed by atoms with E-state index < -0.39 is 0 Å². The van der Waals surface area contributed by atoms with E-state index in [1.165, 1.54) is 19.3 Å². The van der Waals surface area contributed by atoms with E-state index in [2.05, 4.69) is 20.8 Å². The lowest BCUT2D eigenvalue weighted by molar-refractivity contribution is -0.126. The number of rotatable bonds is 1. The van der Waals surface area contributed by atoms with Crippen molar-refractivity contribution < 1.29 is 4.79 Å². The Morgan fingerprint density at radius 2 is 2.07 bits per heavy atom. The Kier molecular flexibility index (Phi) is 2.92. The summed E-state index contributed by atoms with van der Waals surface area (Å²) in [4.78, 5) is 11.7. The average Bonchev–Trinajstić information content (AvgIpc) is 2.44. The van der Waals surface area contributed by atoms with E-state index >= 15 is 0 Å². The van der Waals surface area contributed by atoms with Gasteiger partial charge in [-0.15, -0.1) is 0 Å². The van der Waals surface area contributed by atoms with Crippen LogP contribution in [-0.4, -0.2) is 5.78 Å². The highest BCUT2D eigenvalue weighted by Crippen LogP contribution is 2.57. The third-order valence-electron chi connectivity index (χ3n) is 5.06. The maximum atomic E-state index is 11.7. The Bertz CT molecular complexity index is 256. The van der Waals surface area contributed by atoms with Crippen LogP contribution < -0.4 is 0 Å². The molecule has 2 aliphatic carbocycles. The van der Waals surface area contributed by atoms with Crippen molar-refractivity contribution in [2.45, 2.75) is 59.3 Å². The first-order valence-electron chi connectivity index (χ1n) is 6.58. The van der Waals surface area contributed by atoms with Crippen LogP contribution in [0.25, 0.3) is 0 Å². The minimum Gasteiger partial charge on any atom is -0.300 e. The molecule has 1 spiro atoms. The van der Waals surface area contributed by atoms with Crippen molar-refractivity contribution in [2.24, 2.45) is 23.2 Å². The van der Waals surface area contributed by atoms with Crippen molar-refractivity contribution >= 4 is 5.78 Å². The van der Waals surface area contributed by atoms with Crippen molar-refractivity contribution in [2.75, 3.05) is 0 Å². The van der Waals surface area contributed by atoms with Gasteiger partial charge in [-0.05, 0) is 48.9 Å². The fraction of sp³-hybridized carbons (Fsp3) is 0.929. The summed E-state index contributed by atoms with van der Waals surface area (Å²) in [5.74, 6) is 2.85. The standard InChI is InChI=1S/C14H24O/c1-10(2)13-7-6-11(3)14(13)8-4-5-12(15)9-14/h10-11,13H,4-9H2,1-3H3/t11-,13+,14-/m1/s1. The molecule has 86 valence electrons. The van der Waals surface area contributed by atoms with Crippen LogP contribution in [0.3, 0.4) is 0 Å². The number of hydrogen-bond acceptors (Lipinski definition) is 1. The highest BCUT2D eigenvalue weighted by Gasteiger charge is 2.50. The average molecular weight is 208 g/mol. The van der Waals surface area contributed by atoms with Crippen LogP contribution >= 0.6 is 0 Å². The van der Waals surface area contributed by atoms with Gasteiger partial charge in [0.15, 0.2) is 0 Å². The van der Waals surface area contributed by atoms with E-state index in [0.29, 0.717) is 11.2 Å². The summed E-state index contributed by atoms with van der Waals surface area (Å²) in [6, 6.07) is 0. The summed E-state index contributed by atoms with van der Waals surface area (Å²) in [5, 5.41) is 0. The summed E-state index contributed by atoms with van der Waals surface area (Å²) in [6.07, 6.45) is 6.88. The van der Waals surface area contributed by atoms with Gasteiger partial charge in [-0.2, -0.15) is 0 Å². The maximum absolute atomic E-state index is 11.7. The molecule has 0 heterocycles. The minimum absolute atomic E-state index is 0.392. The predicted molar refractivity (Wildman–Crippen MR) is 62.6 cm³/mol. The van der Waals surface area contributed by atoms with Gasteiger partial charge in [-0.1, -0.05) is 20.8 Å². The smallest absolute Gasteiger partial charge is 0.133 e. The first-order valence-corrected chi connectivity index (χ1v) is 6.58. The lowest BCUT2D eigenvalue weighted by atomic mass is 9.61. The van der Waals surface area contributed by atoms with Crippen LogP contribution in [0, 0.1) is 23.2 Å². The fourth-order valence-corrected chi connectivity index (χ4v) is 4.26. The summed E-state index contributed by atoms with van der Waals surface area (Å²) in [7, 11) is 0. The minimum atomic E-state index is 0.392. The molecule has 1 nitrogen and oxygen atoms in total. The Balaban J connectivity index is 2.24. The molecule has 2 fully saturated rings. The predicted octanol–water partition coefficient (Wildman–Crippen LogP) is 3.82. The zero-order chi connectivity index (χ0) is 11.1. The third kappa shape index (κ3) is 1.74. The van der Waals surface area contributed by atoms with Crippen LogP contribution in [0.15, 0.2) is 0 Å². The van der Waals surface area contributed by atoms with Gasteiger partial charge in [0, 0.05) is 12.8 Å². The summed E-state index contributed by atoms with van der Waals surface area (Å²) in [5.41, 5.74) is 0.392. The van der Waals surface area contributed by atoms with Crippen LogP contribution in [0.4, 0.5) is 0 Å². The summed E-state index contributed by atoms with van der Waals surface area (Å²) >= 11 is 0. The van der Waals surface area contributed by atoms with E-state index in [9.17, 15) is 4.79 Å². The molecule has 0 bridgehead atoms. The highest BCUT2D eigenvalue weighted by atomic mass is 16.1. The topological polar surface area (TPSA) is 17.1 Å². The maximum Gasteiger partial charge on any atom is 0.133 e. The lowest BCUT2D eigenvalue weighted by Gasteiger charge is -2.43. The van der Waals surface area contributed by atoms with Crippen LogP contribution in [-0.2, 0) is 4.79 Å². The van der Waals surface area contributed by atoms with Crippen molar-refractivity contribution in [3.63, 3.8) is 0 Å². The fourth-order valence-electron chi connectivity index (χ4n) is 4.26. The van der Waals surface area contributed by atoms with Crippen molar-refractivity contribution in [3.05, 3.63) is 0 Å². The summed E-state index contributed by atoms with van der Waals surface area (Å²) in [6.45, 7) is 7.05. The molecule has 15 heavy (non-hydrogen) atoms. The Morgan fingerprint density at radius 1 is 1.33 bits per heavy atom. The van der Waals surface area contributed by atoms with Gasteiger partial charge in [0.25, 0.3) is 0 Å². The summed E-state index contributed by atoms with van der Waals surface area (Å²) < 4.78 is 0. The SMILES string of the molecule is CC(C)[C@@H]1CC[C@@H](C)[C@]12CCCC(=O)C2. The van der Waals surface area contributed by atoms with E-state index in [0.717, 1.165) is 37.0 Å². The molecule has 0 unspecified atom stereocenters. The molecule has 0 aliphatic heterocycles. The third-order valence-corrected chi connectivity index (χ3v) is 5.06. The molecule has 0 aromatic carbocycles. The normalized spacial score (nSPS) is 41.7. The molecule has 0 aromatic heterocycles. The molecule has 2 rings (SSSR count). The molecule has 1 heteroatoms. The number of Topliss-reactive ketones (excluding diaryl/α,β-unsaturated/α-hetero) is 1. The number of hydrogen-bond donors (Lipinski definition) is 0. The van der Waals surface area contributed by atoms with E-state index in [1.54, 1.807) is 0 Å². The van der Waals surface area contributed by atoms with Gasteiger partial charge in [-0.25, -0.2) is 0 Å². The second-order valence-electron chi connectivity index (χ2n) is 6.13. The van der Waals surface area contributed by atoms with Crippen LogP contribution in [0.2, 0.25) is 0 Å².